The van der Waals surface area contributed by atoms with Crippen LogP contribution >= 0.6 is 0 Å². The molecule has 1 fully saturated rings. The summed E-state index contributed by atoms with van der Waals surface area (Å²) in [7, 11) is 0. The molecule has 3 aliphatic heterocycles. The molecule has 0 aliphatic carbocycles. The predicted octanol–water partition coefficient (Wildman–Crippen LogP) is 3.45. The molecule has 3 aliphatic rings. The number of carbonyl (C=O) groups is 2. The van der Waals surface area contributed by atoms with E-state index in [9.17, 15) is 9.59 Å². The molecule has 6 nitrogen and oxygen atoms in total. The minimum atomic E-state index is -0.407. The van der Waals surface area contributed by atoms with Crippen molar-refractivity contribution >= 4 is 11.9 Å². The van der Waals surface area contributed by atoms with Crippen molar-refractivity contribution in [2.45, 2.75) is 46.1 Å². The highest BCUT2D eigenvalue weighted by Gasteiger charge is 2.44. The molecule has 6 heteroatoms. The van der Waals surface area contributed by atoms with Gasteiger partial charge in [-0.1, -0.05) is 24.6 Å². The van der Waals surface area contributed by atoms with E-state index >= 15 is 0 Å². The van der Waals surface area contributed by atoms with Gasteiger partial charge in [-0.3, -0.25) is 9.69 Å². The Kier molecular flexibility index (Phi) is 6.19. The molecule has 0 saturated carbocycles. The zero-order chi connectivity index (χ0) is 22.1. The molecule has 3 amide bonds. The zero-order valence-electron chi connectivity index (χ0n) is 19.0. The van der Waals surface area contributed by atoms with Crippen molar-refractivity contribution in [2.24, 2.45) is 0 Å². The maximum atomic E-state index is 13.6. The fourth-order valence-electron chi connectivity index (χ4n) is 5.02. The fraction of sp³-hybridized carbons (Fsp3) is 0.520. The highest BCUT2D eigenvalue weighted by Crippen LogP contribution is 2.38. The summed E-state index contributed by atoms with van der Waals surface area (Å²) in [5, 5.41) is 3.11. The summed E-state index contributed by atoms with van der Waals surface area (Å²) in [6, 6.07) is 3.69. The number of nitrogens with one attached hydrogen (secondary N) is 1. The van der Waals surface area contributed by atoms with Gasteiger partial charge >= 0.3 is 6.03 Å². The van der Waals surface area contributed by atoms with Gasteiger partial charge in [-0.25, -0.2) is 4.79 Å². The first kappa shape index (κ1) is 21.6. The maximum Gasteiger partial charge on any atom is 0.322 e. The molecular formula is C25H34N4O2. The van der Waals surface area contributed by atoms with Crippen molar-refractivity contribution in [1.82, 2.24) is 20.0 Å². The smallest absolute Gasteiger partial charge is 0.322 e. The highest BCUT2D eigenvalue weighted by atomic mass is 16.2. The van der Waals surface area contributed by atoms with Crippen LogP contribution in [0, 0.1) is 20.8 Å². The number of amides is 3. The molecular weight excluding hydrogens is 388 g/mol. The number of aryl methyl sites for hydroxylation is 3. The molecule has 4 rings (SSSR count). The van der Waals surface area contributed by atoms with Crippen LogP contribution in [0.4, 0.5) is 4.79 Å². The molecule has 1 N–H and O–H groups in total. The molecule has 0 bridgehead atoms. The summed E-state index contributed by atoms with van der Waals surface area (Å²) in [5.41, 5.74) is 6.02. The van der Waals surface area contributed by atoms with Crippen molar-refractivity contribution in [3.63, 3.8) is 0 Å². The van der Waals surface area contributed by atoms with Gasteiger partial charge in [0.25, 0.3) is 5.91 Å². The van der Waals surface area contributed by atoms with Crippen LogP contribution < -0.4 is 5.32 Å². The van der Waals surface area contributed by atoms with Crippen LogP contribution in [0.5, 0.6) is 0 Å². The van der Waals surface area contributed by atoms with E-state index < -0.39 is 6.04 Å². The molecule has 1 atom stereocenters. The van der Waals surface area contributed by atoms with E-state index in [1.807, 2.05) is 4.90 Å². The van der Waals surface area contributed by atoms with Crippen molar-refractivity contribution in [1.29, 1.82) is 0 Å². The standard InChI is InChI=1S/C25H34N4O2/c1-5-9-29-21-16-28(13-12-27-10-7-6-8-11-27)24(30)22(21)23(26-25(29)31)20-15-18(3)17(2)14-19(20)4/h5,14-15,23H,1,6-13,16H2,2-4H3,(H,26,31). The Hall–Kier alpha value is -2.60. The van der Waals surface area contributed by atoms with Gasteiger partial charge < -0.3 is 15.1 Å². The molecule has 166 valence electrons. The van der Waals surface area contributed by atoms with E-state index in [-0.39, 0.29) is 11.9 Å². The Morgan fingerprint density at radius 2 is 1.74 bits per heavy atom. The van der Waals surface area contributed by atoms with Crippen molar-refractivity contribution < 1.29 is 9.59 Å². The number of carbonyl (C=O) groups excluding carboxylic acids is 2. The number of nitrogens with zero attached hydrogens (tertiary/aromatic N) is 3. The summed E-state index contributed by atoms with van der Waals surface area (Å²) < 4.78 is 0. The molecule has 1 saturated heterocycles. The highest BCUT2D eigenvalue weighted by molar-refractivity contribution is 6.01. The Morgan fingerprint density at radius 1 is 1.03 bits per heavy atom. The van der Waals surface area contributed by atoms with Gasteiger partial charge in [0.05, 0.1) is 23.9 Å². The van der Waals surface area contributed by atoms with Gasteiger partial charge in [0.15, 0.2) is 0 Å². The van der Waals surface area contributed by atoms with Gasteiger partial charge in [-0.2, -0.15) is 0 Å². The van der Waals surface area contributed by atoms with Gasteiger partial charge in [0.1, 0.15) is 0 Å². The van der Waals surface area contributed by atoms with Crippen molar-refractivity contribution in [3.8, 4) is 0 Å². The zero-order valence-corrected chi connectivity index (χ0v) is 19.0. The third-order valence-electron chi connectivity index (χ3n) is 6.94. The van der Waals surface area contributed by atoms with Gasteiger partial charge in [0, 0.05) is 19.6 Å². The quantitative estimate of drug-likeness (QED) is 0.715. The van der Waals surface area contributed by atoms with E-state index in [1.165, 1.54) is 24.8 Å². The minimum absolute atomic E-state index is 0.0451. The van der Waals surface area contributed by atoms with Crippen LogP contribution in [0.1, 0.15) is 47.6 Å². The minimum Gasteiger partial charge on any atom is -0.332 e. The van der Waals surface area contributed by atoms with Crippen molar-refractivity contribution in [3.05, 3.63) is 58.3 Å². The monoisotopic (exact) mass is 422 g/mol. The second kappa shape index (κ2) is 8.87. The average Bonchev–Trinajstić information content (AvgIpc) is 3.08. The largest absolute Gasteiger partial charge is 0.332 e. The molecule has 31 heavy (non-hydrogen) atoms. The number of hydrogen-bond acceptors (Lipinski definition) is 3. The van der Waals surface area contributed by atoms with Gasteiger partial charge in [-0.15, -0.1) is 6.58 Å². The third-order valence-corrected chi connectivity index (χ3v) is 6.94. The Balaban J connectivity index is 1.64. The summed E-state index contributed by atoms with van der Waals surface area (Å²) >= 11 is 0. The Bertz CT molecular complexity index is 930. The van der Waals surface area contributed by atoms with E-state index in [2.05, 4.69) is 49.7 Å². The van der Waals surface area contributed by atoms with Crippen LogP contribution in [0.25, 0.3) is 0 Å². The number of hydrogen-bond donors (Lipinski definition) is 1. The molecule has 1 unspecified atom stereocenters. The third kappa shape index (κ3) is 4.13. The molecule has 0 spiro atoms. The summed E-state index contributed by atoms with van der Waals surface area (Å²) in [6.07, 6.45) is 5.49. The van der Waals surface area contributed by atoms with E-state index in [1.54, 1.807) is 11.0 Å². The SMILES string of the molecule is C=CCN1C(=O)NC(c2cc(C)c(C)cc2C)C2=C1CN(CCN1CCCCC1)C2=O. The van der Waals surface area contributed by atoms with E-state index in [0.717, 1.165) is 42.0 Å². The molecule has 0 radical (unpaired) electrons. The molecule has 1 aromatic rings. The summed E-state index contributed by atoms with van der Waals surface area (Å²) in [6.45, 7) is 14.7. The van der Waals surface area contributed by atoms with Crippen LogP contribution in [0.3, 0.4) is 0 Å². The molecule has 1 aromatic carbocycles. The lowest BCUT2D eigenvalue weighted by atomic mass is 9.90. The average molecular weight is 423 g/mol. The lowest BCUT2D eigenvalue weighted by Gasteiger charge is -2.33. The Labute approximate surface area is 185 Å². The summed E-state index contributed by atoms with van der Waals surface area (Å²) in [4.78, 5) is 32.6. The first-order valence-corrected chi connectivity index (χ1v) is 11.4. The number of rotatable bonds is 6. The molecule has 3 heterocycles. The number of likely N-dealkylation sites (tertiary alicyclic amines) is 1. The van der Waals surface area contributed by atoms with Gasteiger partial charge in [-0.05, 0) is 69.0 Å². The molecule has 0 aromatic heterocycles. The van der Waals surface area contributed by atoms with Crippen LogP contribution in [0.15, 0.2) is 36.1 Å². The number of urea groups is 1. The topological polar surface area (TPSA) is 55.9 Å². The first-order chi connectivity index (χ1) is 14.9. The predicted molar refractivity (Wildman–Crippen MR) is 123 cm³/mol. The van der Waals surface area contributed by atoms with Crippen LogP contribution in [-0.2, 0) is 4.79 Å². The fourth-order valence-corrected chi connectivity index (χ4v) is 5.02. The normalized spacial score (nSPS) is 22.1. The summed E-state index contributed by atoms with van der Waals surface area (Å²) in [5.74, 6) is 0.0451. The second-order valence-corrected chi connectivity index (χ2v) is 9.06. The second-order valence-electron chi connectivity index (χ2n) is 9.06. The lowest BCUT2D eigenvalue weighted by molar-refractivity contribution is -0.126. The lowest BCUT2D eigenvalue weighted by Crippen LogP contribution is -2.47. The Morgan fingerprint density at radius 3 is 2.45 bits per heavy atom. The number of piperidine rings is 1. The van der Waals surface area contributed by atoms with Crippen LogP contribution in [-0.4, -0.2) is 65.9 Å². The van der Waals surface area contributed by atoms with E-state index in [4.69, 9.17) is 0 Å². The van der Waals surface area contributed by atoms with Gasteiger partial charge in [0.2, 0.25) is 0 Å². The maximum absolute atomic E-state index is 13.6. The van der Waals surface area contributed by atoms with E-state index in [0.29, 0.717) is 25.2 Å². The number of benzene rings is 1. The van der Waals surface area contributed by atoms with Crippen LogP contribution in [0.2, 0.25) is 0 Å². The van der Waals surface area contributed by atoms with Crippen molar-refractivity contribution in [2.75, 3.05) is 39.3 Å². The first-order valence-electron chi connectivity index (χ1n) is 11.4.